The quantitative estimate of drug-likeness (QED) is 0.215. The Kier molecular flexibility index (Phi) is 10.1. The van der Waals surface area contributed by atoms with Crippen LogP contribution in [-0.2, 0) is 4.43 Å². The maximum Gasteiger partial charge on any atom is 0.318 e. The number of rotatable bonds is 11. The molecule has 3 aromatic rings. The lowest BCUT2D eigenvalue weighted by atomic mass is 10.1. The second kappa shape index (κ2) is 13.2. The highest BCUT2D eigenvalue weighted by atomic mass is 127. The third kappa shape index (κ3) is 6.96. The van der Waals surface area contributed by atoms with E-state index in [1.165, 1.54) is 0 Å². The molecule has 1 atom stereocenters. The van der Waals surface area contributed by atoms with Crippen molar-refractivity contribution >= 4 is 45.2 Å². The van der Waals surface area contributed by atoms with E-state index in [4.69, 9.17) is 9.47 Å². The van der Waals surface area contributed by atoms with Crippen molar-refractivity contribution in [1.82, 2.24) is 15.2 Å². The molecule has 3 N–H and O–H groups in total. The summed E-state index contributed by atoms with van der Waals surface area (Å²) < 4.78 is 12.6. The fourth-order valence-electron chi connectivity index (χ4n) is 3.64. The number of aliphatic hydroxyl groups excluding tert-OH is 1. The van der Waals surface area contributed by atoms with Crippen LogP contribution in [0.15, 0.2) is 42.6 Å². The van der Waals surface area contributed by atoms with Crippen molar-refractivity contribution in [2.45, 2.75) is 24.4 Å². The molecule has 3 rings (SSSR count). The first-order valence-electron chi connectivity index (χ1n) is 11.6. The van der Waals surface area contributed by atoms with Gasteiger partial charge in [0.1, 0.15) is 36.0 Å². The number of carbonyl (C=O) groups is 1. The van der Waals surface area contributed by atoms with Crippen molar-refractivity contribution in [2.75, 3.05) is 38.6 Å². The molecule has 0 spiro atoms. The topological polar surface area (TPSA) is 120 Å². The molecule has 190 valence electrons. The number of ether oxygens (including phenoxy) is 2. The van der Waals surface area contributed by atoms with Crippen LogP contribution in [0, 0.1) is 11.3 Å². The van der Waals surface area contributed by atoms with Gasteiger partial charge in [-0.05, 0) is 49.0 Å². The number of aromatic nitrogens is 1. The number of hydrogen-bond acceptors (Lipinski definition) is 7. The molecule has 0 saturated heterocycles. The van der Waals surface area contributed by atoms with Crippen LogP contribution in [0.5, 0.6) is 17.2 Å². The van der Waals surface area contributed by atoms with Gasteiger partial charge in [0.15, 0.2) is 0 Å². The Morgan fingerprint density at radius 1 is 1.22 bits per heavy atom. The number of benzene rings is 2. The zero-order valence-electron chi connectivity index (χ0n) is 20.5. The average molecular weight is 603 g/mol. The number of amides is 2. The molecular weight excluding hydrogens is 573 g/mol. The minimum atomic E-state index is -0.678. The summed E-state index contributed by atoms with van der Waals surface area (Å²) in [5, 5.41) is 26.1. The van der Waals surface area contributed by atoms with Gasteiger partial charge in [-0.2, -0.15) is 5.26 Å². The molecule has 0 bridgehead atoms. The van der Waals surface area contributed by atoms with Gasteiger partial charge in [0.2, 0.25) is 0 Å². The Morgan fingerprint density at radius 3 is 2.67 bits per heavy atom. The number of urea groups is 1. The summed E-state index contributed by atoms with van der Waals surface area (Å²) in [4.78, 5) is 18.2. The average Bonchev–Trinajstić information content (AvgIpc) is 2.90. The zero-order valence-corrected chi connectivity index (χ0v) is 22.7. The van der Waals surface area contributed by atoms with Crippen molar-refractivity contribution < 1.29 is 19.4 Å². The Morgan fingerprint density at radius 2 is 2.00 bits per heavy atom. The molecule has 2 amide bonds. The van der Waals surface area contributed by atoms with E-state index < -0.39 is 6.10 Å². The lowest BCUT2D eigenvalue weighted by Gasteiger charge is -2.22. The van der Waals surface area contributed by atoms with Crippen LogP contribution in [0.4, 0.5) is 10.5 Å². The highest BCUT2D eigenvalue weighted by Gasteiger charge is 2.15. The van der Waals surface area contributed by atoms with Gasteiger partial charge in [-0.3, -0.25) is 4.98 Å². The zero-order chi connectivity index (χ0) is 26.1. The van der Waals surface area contributed by atoms with Crippen molar-refractivity contribution in [1.29, 1.82) is 5.26 Å². The predicted octanol–water partition coefficient (Wildman–Crippen LogP) is 4.67. The number of halogens is 1. The first-order chi connectivity index (χ1) is 17.4. The van der Waals surface area contributed by atoms with E-state index in [9.17, 15) is 15.2 Å². The number of carbonyl (C=O) groups excluding carboxylic acids is 1. The number of anilines is 1. The summed E-state index contributed by atoms with van der Waals surface area (Å²) in [7, 11) is 1.56. The van der Waals surface area contributed by atoms with Crippen molar-refractivity contribution in [3.8, 4) is 23.3 Å². The number of nitrogens with one attached hydrogen (secondary N) is 2. The molecule has 10 heteroatoms. The molecule has 0 radical (unpaired) electrons. The molecule has 2 aromatic carbocycles. The molecule has 0 aliphatic rings. The molecule has 1 aromatic heterocycles. The fraction of sp³-hybridized carbons (Fsp3) is 0.346. The Bertz CT molecular complexity index is 1240. The van der Waals surface area contributed by atoms with Gasteiger partial charge in [-0.25, -0.2) is 4.79 Å². The molecular formula is C26H30IN5O4. The number of pyridine rings is 1. The number of fused-ring (bicyclic) bond motifs is 1. The van der Waals surface area contributed by atoms with Gasteiger partial charge in [-0.1, -0.05) is 36.4 Å². The van der Waals surface area contributed by atoms with Gasteiger partial charge < -0.3 is 30.1 Å². The number of hydrogen-bond donors (Lipinski definition) is 3. The van der Waals surface area contributed by atoms with Gasteiger partial charge in [-0.15, -0.1) is 0 Å². The van der Waals surface area contributed by atoms with Crippen LogP contribution < -0.4 is 20.1 Å². The van der Waals surface area contributed by atoms with Crippen LogP contribution in [0.1, 0.15) is 25.0 Å². The first-order valence-corrected chi connectivity index (χ1v) is 13.2. The van der Waals surface area contributed by atoms with Crippen LogP contribution in [0.25, 0.3) is 10.9 Å². The Balaban J connectivity index is 1.84. The van der Waals surface area contributed by atoms with Crippen molar-refractivity contribution in [3.63, 3.8) is 0 Å². The summed E-state index contributed by atoms with van der Waals surface area (Å²) >= 11 is 2.23. The summed E-state index contributed by atoms with van der Waals surface area (Å²) in [6.07, 6.45) is 0.950. The molecule has 0 fully saturated rings. The second-order valence-corrected chi connectivity index (χ2v) is 8.76. The minimum Gasteiger partial charge on any atom is -0.489 e. The third-order valence-electron chi connectivity index (χ3n) is 5.64. The molecule has 9 nitrogen and oxygen atoms in total. The summed E-state index contributed by atoms with van der Waals surface area (Å²) in [6, 6.07) is 12.4. The maximum absolute atomic E-state index is 11.7. The molecule has 0 unspecified atom stereocenters. The van der Waals surface area contributed by atoms with E-state index in [2.05, 4.69) is 49.2 Å². The van der Waals surface area contributed by atoms with Gasteiger partial charge in [0, 0.05) is 41.4 Å². The minimum absolute atomic E-state index is 0.0718. The monoisotopic (exact) mass is 603 g/mol. The highest BCUT2D eigenvalue weighted by molar-refractivity contribution is 14.1. The summed E-state index contributed by atoms with van der Waals surface area (Å²) in [5.41, 5.74) is 2.54. The number of alkyl halides is 1. The van der Waals surface area contributed by atoms with Crippen LogP contribution in [0.2, 0.25) is 0 Å². The first kappa shape index (κ1) is 27.4. The molecule has 0 aliphatic heterocycles. The predicted molar refractivity (Wildman–Crippen MR) is 148 cm³/mol. The molecule has 0 saturated carbocycles. The van der Waals surface area contributed by atoms with E-state index in [-0.39, 0.29) is 12.6 Å². The molecule has 1 heterocycles. The smallest absolute Gasteiger partial charge is 0.318 e. The lowest BCUT2D eigenvalue weighted by molar-refractivity contribution is 0.0716. The van der Waals surface area contributed by atoms with E-state index in [1.807, 2.05) is 19.9 Å². The van der Waals surface area contributed by atoms with Crippen molar-refractivity contribution in [2.24, 2.45) is 0 Å². The van der Waals surface area contributed by atoms with Crippen molar-refractivity contribution in [3.05, 3.63) is 53.7 Å². The van der Waals surface area contributed by atoms with Crippen LogP contribution in [0.3, 0.4) is 0 Å². The number of nitrogens with zero attached hydrogens (tertiary/aromatic N) is 3. The van der Waals surface area contributed by atoms with Crippen LogP contribution in [-0.4, -0.2) is 60.4 Å². The maximum atomic E-state index is 11.7. The fourth-order valence-corrected chi connectivity index (χ4v) is 4.27. The normalized spacial score (nSPS) is 11.7. The SMILES string of the molecule is CCN(CC)C[C@@H](O)COc1cc2nccc(Oc3ccc(NC(=O)NC)c(CI)c3)c2cc1C#N. The Labute approximate surface area is 224 Å². The van der Waals surface area contributed by atoms with E-state index in [1.54, 1.807) is 43.6 Å². The third-order valence-corrected chi connectivity index (χ3v) is 6.46. The number of aliphatic hydroxyl groups is 1. The standard InChI is InChI=1S/C26H30IN5O4/c1-4-32(5-2)15-19(33)16-35-25-12-23-21(11-18(25)14-28)24(8-9-30-23)36-20-6-7-22(17(10-20)13-27)31-26(34)29-3/h6-12,19,33H,4-5,13,15-16H2,1-3H3,(H2,29,31,34)/t19-/m1/s1. The van der Waals surface area contributed by atoms with E-state index in [0.29, 0.717) is 50.4 Å². The second-order valence-electron chi connectivity index (χ2n) is 8.00. The van der Waals surface area contributed by atoms with Gasteiger partial charge in [0.25, 0.3) is 0 Å². The number of likely N-dealkylation sites (N-methyl/N-ethyl adjacent to an activating group) is 1. The van der Waals surface area contributed by atoms with Crippen LogP contribution >= 0.6 is 22.6 Å². The summed E-state index contributed by atoms with van der Waals surface area (Å²) in [5.74, 6) is 1.50. The largest absolute Gasteiger partial charge is 0.489 e. The molecule has 36 heavy (non-hydrogen) atoms. The molecule has 0 aliphatic carbocycles. The van der Waals surface area contributed by atoms with E-state index >= 15 is 0 Å². The Hall–Kier alpha value is -3.14. The highest BCUT2D eigenvalue weighted by Crippen LogP contribution is 2.34. The van der Waals surface area contributed by atoms with Gasteiger partial charge >= 0.3 is 6.03 Å². The lowest BCUT2D eigenvalue weighted by Crippen LogP contribution is -2.35. The summed E-state index contributed by atoms with van der Waals surface area (Å²) in [6.45, 7) is 6.33. The van der Waals surface area contributed by atoms with Gasteiger partial charge in [0.05, 0.1) is 11.1 Å². The van der Waals surface area contributed by atoms with E-state index in [0.717, 1.165) is 18.7 Å². The number of nitriles is 1.